The lowest BCUT2D eigenvalue weighted by molar-refractivity contribution is -0.145. The van der Waals surface area contributed by atoms with Crippen LogP contribution >= 0.6 is 0 Å². The smallest absolute Gasteiger partial charge is 0.326 e. The summed E-state index contributed by atoms with van der Waals surface area (Å²) >= 11 is 0. The average Bonchev–Trinajstić information content (AvgIpc) is 2.45. The summed E-state index contributed by atoms with van der Waals surface area (Å²) in [5, 5.41) is 0. The maximum atomic E-state index is 12.7. The third-order valence-electron chi connectivity index (χ3n) is 2.87. The Kier molecular flexibility index (Phi) is 4.10. The molecule has 0 aliphatic carbocycles. The van der Waals surface area contributed by atoms with E-state index < -0.39 is 23.7 Å². The van der Waals surface area contributed by atoms with E-state index in [0.717, 1.165) is 30.6 Å². The van der Waals surface area contributed by atoms with Crippen molar-refractivity contribution in [3.63, 3.8) is 0 Å². The number of benzene rings is 1. The number of rotatable bonds is 2. The van der Waals surface area contributed by atoms with Crippen LogP contribution in [0.15, 0.2) is 30.6 Å². The quantitative estimate of drug-likeness (QED) is 0.859. The third kappa shape index (κ3) is 3.35. The highest BCUT2D eigenvalue weighted by Crippen LogP contribution is 2.34. The van der Waals surface area contributed by atoms with Gasteiger partial charge in [-0.3, -0.25) is 0 Å². The van der Waals surface area contributed by atoms with Crippen LogP contribution in [0.4, 0.5) is 26.3 Å². The Morgan fingerprint density at radius 3 is 1.91 bits per heavy atom. The minimum absolute atomic E-state index is 0.162. The van der Waals surface area contributed by atoms with E-state index in [1.165, 1.54) is 0 Å². The van der Waals surface area contributed by atoms with E-state index in [1.54, 1.807) is 0 Å². The molecule has 0 unspecified atom stereocenters. The van der Waals surface area contributed by atoms with Crippen molar-refractivity contribution in [1.29, 1.82) is 0 Å². The first kappa shape index (κ1) is 16.2. The van der Waals surface area contributed by atoms with E-state index in [-0.39, 0.29) is 23.2 Å². The molecule has 0 aliphatic heterocycles. The van der Waals surface area contributed by atoms with E-state index in [4.69, 9.17) is 5.73 Å². The molecule has 0 saturated carbocycles. The first-order valence-electron chi connectivity index (χ1n) is 5.92. The van der Waals surface area contributed by atoms with Crippen molar-refractivity contribution in [3.8, 4) is 11.1 Å². The van der Waals surface area contributed by atoms with Gasteiger partial charge in [0.25, 0.3) is 0 Å². The number of aromatic nitrogens is 2. The summed E-state index contributed by atoms with van der Waals surface area (Å²) < 4.78 is 75.3. The first-order valence-corrected chi connectivity index (χ1v) is 5.92. The van der Waals surface area contributed by atoms with Crippen LogP contribution in [0.25, 0.3) is 11.1 Å². The predicted octanol–water partition coefficient (Wildman–Crippen LogP) is 3.64. The van der Waals surface area contributed by atoms with Gasteiger partial charge < -0.3 is 5.73 Å². The minimum atomic E-state index is -4.68. The highest BCUT2D eigenvalue weighted by atomic mass is 19.4. The Bertz CT molecular complexity index is 661. The molecule has 0 radical (unpaired) electrons. The second kappa shape index (κ2) is 5.56. The van der Waals surface area contributed by atoms with Crippen molar-refractivity contribution in [1.82, 2.24) is 9.97 Å². The Labute approximate surface area is 120 Å². The molecule has 2 aromatic rings. The molecule has 0 spiro atoms. The van der Waals surface area contributed by atoms with Gasteiger partial charge in [0.05, 0.1) is 5.56 Å². The summed E-state index contributed by atoms with van der Waals surface area (Å²) in [6, 6.07) is 3.12. The maximum absolute atomic E-state index is 12.7. The second-order valence-corrected chi connectivity index (χ2v) is 4.37. The molecular weight excluding hydrogens is 312 g/mol. The van der Waals surface area contributed by atoms with Crippen LogP contribution in [0.1, 0.15) is 17.0 Å². The number of alkyl halides is 6. The predicted molar refractivity (Wildman–Crippen MR) is 65.4 cm³/mol. The van der Waals surface area contributed by atoms with Crippen LogP contribution in [-0.4, -0.2) is 9.97 Å². The number of halogens is 6. The average molecular weight is 321 g/mol. The molecule has 0 aliphatic rings. The second-order valence-electron chi connectivity index (χ2n) is 4.37. The maximum Gasteiger partial charge on any atom is 0.451 e. The van der Waals surface area contributed by atoms with Gasteiger partial charge in [0.1, 0.15) is 0 Å². The molecule has 0 saturated heterocycles. The van der Waals surface area contributed by atoms with Gasteiger partial charge in [-0.15, -0.1) is 0 Å². The van der Waals surface area contributed by atoms with Gasteiger partial charge >= 0.3 is 12.4 Å². The monoisotopic (exact) mass is 321 g/mol. The Morgan fingerprint density at radius 1 is 0.864 bits per heavy atom. The van der Waals surface area contributed by atoms with Crippen LogP contribution in [0, 0.1) is 0 Å². The van der Waals surface area contributed by atoms with Crippen molar-refractivity contribution in [2.24, 2.45) is 5.73 Å². The summed E-state index contributed by atoms with van der Waals surface area (Å²) in [5.74, 6) is -1.32. The van der Waals surface area contributed by atoms with Gasteiger partial charge in [-0.1, -0.05) is 6.07 Å². The lowest BCUT2D eigenvalue weighted by Crippen LogP contribution is -2.12. The summed E-state index contributed by atoms with van der Waals surface area (Å²) in [5.41, 5.74) is 4.67. The van der Waals surface area contributed by atoms with Crippen molar-refractivity contribution < 1.29 is 26.3 Å². The van der Waals surface area contributed by atoms with Crippen molar-refractivity contribution in [3.05, 3.63) is 47.5 Å². The molecule has 0 atom stereocenters. The fourth-order valence-corrected chi connectivity index (χ4v) is 1.84. The number of nitrogens with two attached hydrogens (primary N) is 1. The topological polar surface area (TPSA) is 51.8 Å². The molecule has 9 heteroatoms. The lowest BCUT2D eigenvalue weighted by Gasteiger charge is -2.13. The van der Waals surface area contributed by atoms with Crippen LogP contribution in [0.5, 0.6) is 0 Å². The SMILES string of the molecule is NCc1cc(-c2cnc(C(F)(F)F)nc2)ccc1C(F)(F)F. The van der Waals surface area contributed by atoms with Crippen molar-refractivity contribution >= 4 is 0 Å². The van der Waals surface area contributed by atoms with E-state index in [2.05, 4.69) is 9.97 Å². The molecule has 1 heterocycles. The Hall–Kier alpha value is -2.16. The van der Waals surface area contributed by atoms with E-state index in [9.17, 15) is 26.3 Å². The van der Waals surface area contributed by atoms with Gasteiger partial charge in [-0.25, -0.2) is 9.97 Å². The number of hydrogen-bond donors (Lipinski definition) is 1. The van der Waals surface area contributed by atoms with Crippen molar-refractivity contribution in [2.45, 2.75) is 18.9 Å². The van der Waals surface area contributed by atoms with E-state index >= 15 is 0 Å². The standard InChI is InChI=1S/C13H9F6N3/c14-12(15,16)10-2-1-7(3-8(10)4-20)9-5-21-11(22-6-9)13(17,18)19/h1-3,5-6H,4,20H2. The molecular formula is C13H9F6N3. The Morgan fingerprint density at radius 2 is 1.45 bits per heavy atom. The van der Waals surface area contributed by atoms with E-state index in [0.29, 0.717) is 0 Å². The van der Waals surface area contributed by atoms with Gasteiger partial charge in [-0.05, 0) is 23.3 Å². The van der Waals surface area contributed by atoms with E-state index in [1.807, 2.05) is 0 Å². The number of nitrogens with zero attached hydrogens (tertiary/aromatic N) is 2. The third-order valence-corrected chi connectivity index (χ3v) is 2.87. The minimum Gasteiger partial charge on any atom is -0.326 e. The largest absolute Gasteiger partial charge is 0.451 e. The normalized spacial score (nSPS) is 12.5. The molecule has 22 heavy (non-hydrogen) atoms. The highest BCUT2D eigenvalue weighted by Gasteiger charge is 2.35. The van der Waals surface area contributed by atoms with Crippen LogP contribution in [0.2, 0.25) is 0 Å². The molecule has 1 aromatic carbocycles. The molecule has 118 valence electrons. The zero-order valence-electron chi connectivity index (χ0n) is 10.8. The molecule has 1 aromatic heterocycles. The molecule has 2 rings (SSSR count). The molecule has 3 nitrogen and oxygen atoms in total. The lowest BCUT2D eigenvalue weighted by atomic mass is 10.0. The van der Waals surface area contributed by atoms with Crippen LogP contribution < -0.4 is 5.73 Å². The summed E-state index contributed by atoms with van der Waals surface area (Å²) in [6.07, 6.45) is -7.43. The van der Waals surface area contributed by atoms with Crippen LogP contribution in [-0.2, 0) is 18.9 Å². The fourth-order valence-electron chi connectivity index (χ4n) is 1.84. The molecule has 0 amide bonds. The van der Waals surface area contributed by atoms with Gasteiger partial charge in [0, 0.05) is 24.5 Å². The highest BCUT2D eigenvalue weighted by molar-refractivity contribution is 5.63. The molecule has 0 bridgehead atoms. The Balaban J connectivity index is 2.42. The van der Waals surface area contributed by atoms with Crippen LogP contribution in [0.3, 0.4) is 0 Å². The molecule has 0 fully saturated rings. The summed E-state index contributed by atoms with van der Waals surface area (Å²) in [7, 11) is 0. The van der Waals surface area contributed by atoms with Gasteiger partial charge in [0.15, 0.2) is 0 Å². The zero-order chi connectivity index (χ0) is 16.5. The van der Waals surface area contributed by atoms with Gasteiger partial charge in [-0.2, -0.15) is 26.3 Å². The summed E-state index contributed by atoms with van der Waals surface area (Å²) in [6.45, 7) is -0.357. The fraction of sp³-hybridized carbons (Fsp3) is 0.231. The first-order chi connectivity index (χ1) is 10.1. The van der Waals surface area contributed by atoms with Crippen molar-refractivity contribution in [2.75, 3.05) is 0 Å². The van der Waals surface area contributed by atoms with Gasteiger partial charge in [0.2, 0.25) is 5.82 Å². The zero-order valence-corrected chi connectivity index (χ0v) is 10.8. The molecule has 2 N–H and O–H groups in total. The summed E-state index contributed by atoms with van der Waals surface area (Å²) in [4.78, 5) is 6.33. The number of hydrogen-bond acceptors (Lipinski definition) is 3.